The summed E-state index contributed by atoms with van der Waals surface area (Å²) >= 11 is 0. The van der Waals surface area contributed by atoms with Gasteiger partial charge < -0.3 is 5.32 Å². The molecule has 0 bridgehead atoms. The van der Waals surface area contributed by atoms with E-state index in [0.29, 0.717) is 11.1 Å². The molecular formula is C21H19N3O2. The van der Waals surface area contributed by atoms with E-state index in [1.54, 1.807) is 36.7 Å². The van der Waals surface area contributed by atoms with Gasteiger partial charge in [-0.25, -0.2) is 9.97 Å². The number of benzene rings is 2. The molecule has 0 spiro atoms. The molecule has 0 saturated carbocycles. The van der Waals surface area contributed by atoms with E-state index < -0.39 is 0 Å². The number of amides is 1. The third-order valence-electron chi connectivity index (χ3n) is 4.21. The summed E-state index contributed by atoms with van der Waals surface area (Å²) in [6.45, 7) is 3.44. The zero-order valence-electron chi connectivity index (χ0n) is 14.6. The molecule has 0 radical (unpaired) electrons. The fourth-order valence-electron chi connectivity index (χ4n) is 2.63. The summed E-state index contributed by atoms with van der Waals surface area (Å²) in [5, 5.41) is 2.97. The highest BCUT2D eigenvalue weighted by Crippen LogP contribution is 2.21. The number of carbonyl (C=O) groups excluding carboxylic acids is 2. The van der Waals surface area contributed by atoms with E-state index in [1.807, 2.05) is 31.2 Å². The van der Waals surface area contributed by atoms with Crippen molar-refractivity contribution in [3.8, 4) is 11.1 Å². The molecule has 130 valence electrons. The first-order chi connectivity index (χ1) is 12.5. The van der Waals surface area contributed by atoms with Gasteiger partial charge in [0.1, 0.15) is 6.33 Å². The van der Waals surface area contributed by atoms with Gasteiger partial charge in [-0.3, -0.25) is 9.59 Å². The molecule has 1 amide bonds. The molecule has 0 aliphatic carbocycles. The van der Waals surface area contributed by atoms with Crippen molar-refractivity contribution in [1.82, 2.24) is 15.3 Å². The lowest BCUT2D eigenvalue weighted by Gasteiger charge is -2.15. The van der Waals surface area contributed by atoms with Crippen LogP contribution in [0.5, 0.6) is 0 Å². The highest BCUT2D eigenvalue weighted by molar-refractivity contribution is 5.97. The van der Waals surface area contributed by atoms with Gasteiger partial charge in [0, 0.05) is 29.1 Å². The van der Waals surface area contributed by atoms with Gasteiger partial charge in [-0.05, 0) is 37.1 Å². The lowest BCUT2D eigenvalue weighted by Crippen LogP contribution is -2.26. The van der Waals surface area contributed by atoms with Crippen molar-refractivity contribution in [2.24, 2.45) is 0 Å². The van der Waals surface area contributed by atoms with Crippen LogP contribution in [0.1, 0.15) is 46.2 Å². The highest BCUT2D eigenvalue weighted by atomic mass is 16.1. The Morgan fingerprint density at radius 3 is 2.00 bits per heavy atom. The van der Waals surface area contributed by atoms with E-state index in [0.717, 1.165) is 16.7 Å². The fraction of sp³-hybridized carbons (Fsp3) is 0.143. The number of hydrogen-bond acceptors (Lipinski definition) is 4. The van der Waals surface area contributed by atoms with Crippen molar-refractivity contribution in [3.05, 3.63) is 83.9 Å². The maximum Gasteiger partial charge on any atom is 0.251 e. The summed E-state index contributed by atoms with van der Waals surface area (Å²) in [7, 11) is 0. The second-order valence-electron chi connectivity index (χ2n) is 6.08. The summed E-state index contributed by atoms with van der Waals surface area (Å²) in [6, 6.07) is 14.4. The Kier molecular flexibility index (Phi) is 5.17. The number of nitrogens with one attached hydrogen (secondary N) is 1. The largest absolute Gasteiger partial charge is 0.346 e. The number of hydrogen-bond donors (Lipinski definition) is 1. The minimum absolute atomic E-state index is 0.0192. The minimum atomic E-state index is -0.173. The lowest BCUT2D eigenvalue weighted by molar-refractivity contribution is 0.0938. The molecule has 1 aromatic heterocycles. The Morgan fingerprint density at radius 1 is 0.846 bits per heavy atom. The van der Waals surface area contributed by atoms with Crippen LogP contribution in [0, 0.1) is 0 Å². The number of ketones is 1. The van der Waals surface area contributed by atoms with Crippen molar-refractivity contribution in [2.45, 2.75) is 19.9 Å². The van der Waals surface area contributed by atoms with E-state index in [4.69, 9.17) is 0 Å². The molecule has 0 saturated heterocycles. The molecule has 26 heavy (non-hydrogen) atoms. The van der Waals surface area contributed by atoms with Crippen molar-refractivity contribution < 1.29 is 9.59 Å². The Morgan fingerprint density at radius 2 is 1.42 bits per heavy atom. The maximum atomic E-state index is 12.4. The first-order valence-electron chi connectivity index (χ1n) is 8.32. The Hall–Kier alpha value is -3.34. The van der Waals surface area contributed by atoms with E-state index >= 15 is 0 Å². The molecule has 1 atom stereocenters. The zero-order valence-corrected chi connectivity index (χ0v) is 14.6. The van der Waals surface area contributed by atoms with Crippen LogP contribution >= 0.6 is 0 Å². The van der Waals surface area contributed by atoms with Crippen LogP contribution in [0.4, 0.5) is 0 Å². The molecule has 1 N–H and O–H groups in total. The van der Waals surface area contributed by atoms with Crippen molar-refractivity contribution in [1.29, 1.82) is 0 Å². The van der Waals surface area contributed by atoms with Crippen LogP contribution < -0.4 is 5.32 Å². The molecular weight excluding hydrogens is 326 g/mol. The first kappa shape index (κ1) is 17.5. The molecule has 3 rings (SSSR count). The van der Waals surface area contributed by atoms with E-state index in [2.05, 4.69) is 15.3 Å². The smallest absolute Gasteiger partial charge is 0.251 e. The Labute approximate surface area is 152 Å². The Bertz CT molecular complexity index is 904. The molecule has 5 heteroatoms. The average molecular weight is 345 g/mol. The van der Waals surface area contributed by atoms with Gasteiger partial charge in [-0.2, -0.15) is 0 Å². The topological polar surface area (TPSA) is 72.0 Å². The van der Waals surface area contributed by atoms with Crippen molar-refractivity contribution in [2.75, 3.05) is 0 Å². The third-order valence-corrected chi connectivity index (χ3v) is 4.21. The molecule has 5 nitrogen and oxygen atoms in total. The standard InChI is InChI=1S/C21H19N3O2/c1-14(24-21(26)19-9-5-17(6-10-19)15(2)25)16-3-7-18(8-4-16)20-11-22-13-23-12-20/h3-14H,1-2H3,(H,24,26). The molecule has 1 unspecified atom stereocenters. The van der Waals surface area contributed by atoms with E-state index in [-0.39, 0.29) is 17.7 Å². The molecule has 0 aliphatic heterocycles. The summed E-state index contributed by atoms with van der Waals surface area (Å²) in [6.07, 6.45) is 5.02. The van der Waals surface area contributed by atoms with Gasteiger partial charge in [0.2, 0.25) is 0 Å². The Balaban J connectivity index is 1.68. The number of carbonyl (C=O) groups is 2. The van der Waals surface area contributed by atoms with Gasteiger partial charge in [0.15, 0.2) is 5.78 Å². The van der Waals surface area contributed by atoms with Gasteiger partial charge in [-0.15, -0.1) is 0 Å². The van der Waals surface area contributed by atoms with Crippen LogP contribution in [0.3, 0.4) is 0 Å². The number of rotatable bonds is 5. The monoisotopic (exact) mass is 345 g/mol. The van der Waals surface area contributed by atoms with Gasteiger partial charge in [0.25, 0.3) is 5.91 Å². The summed E-state index contributed by atoms with van der Waals surface area (Å²) in [5.74, 6) is -0.192. The molecule has 2 aromatic carbocycles. The second kappa shape index (κ2) is 7.70. The predicted octanol–water partition coefficient (Wildman–Crippen LogP) is 3.84. The van der Waals surface area contributed by atoms with Gasteiger partial charge in [-0.1, -0.05) is 36.4 Å². The normalized spacial score (nSPS) is 11.6. The van der Waals surface area contributed by atoms with Crippen LogP contribution in [-0.2, 0) is 0 Å². The summed E-state index contributed by atoms with van der Waals surface area (Å²) in [5.41, 5.74) is 4.09. The lowest BCUT2D eigenvalue weighted by atomic mass is 10.0. The van der Waals surface area contributed by atoms with Crippen LogP contribution in [-0.4, -0.2) is 21.7 Å². The van der Waals surface area contributed by atoms with Gasteiger partial charge >= 0.3 is 0 Å². The fourth-order valence-corrected chi connectivity index (χ4v) is 2.63. The predicted molar refractivity (Wildman–Crippen MR) is 99.8 cm³/mol. The quantitative estimate of drug-likeness (QED) is 0.713. The highest BCUT2D eigenvalue weighted by Gasteiger charge is 2.12. The molecule has 1 heterocycles. The van der Waals surface area contributed by atoms with Crippen molar-refractivity contribution in [3.63, 3.8) is 0 Å². The van der Waals surface area contributed by atoms with Crippen LogP contribution in [0.15, 0.2) is 67.3 Å². The number of Topliss-reactive ketones (excluding diaryl/α,β-unsaturated/α-hetero) is 1. The van der Waals surface area contributed by atoms with Crippen LogP contribution in [0.25, 0.3) is 11.1 Å². The third kappa shape index (κ3) is 4.00. The van der Waals surface area contributed by atoms with Crippen molar-refractivity contribution >= 4 is 11.7 Å². The molecule has 3 aromatic rings. The maximum absolute atomic E-state index is 12.4. The molecule has 0 aliphatic rings. The first-order valence-corrected chi connectivity index (χ1v) is 8.32. The molecule has 0 fully saturated rings. The average Bonchev–Trinajstić information content (AvgIpc) is 2.68. The second-order valence-corrected chi connectivity index (χ2v) is 6.08. The van der Waals surface area contributed by atoms with Gasteiger partial charge in [0.05, 0.1) is 6.04 Å². The van der Waals surface area contributed by atoms with E-state index in [1.165, 1.54) is 13.3 Å². The summed E-state index contributed by atoms with van der Waals surface area (Å²) < 4.78 is 0. The van der Waals surface area contributed by atoms with E-state index in [9.17, 15) is 9.59 Å². The minimum Gasteiger partial charge on any atom is -0.346 e. The number of nitrogens with zero attached hydrogens (tertiary/aromatic N) is 2. The zero-order chi connectivity index (χ0) is 18.5. The number of aromatic nitrogens is 2. The SMILES string of the molecule is CC(=O)c1ccc(C(=O)NC(C)c2ccc(-c3cncnc3)cc2)cc1. The van der Waals surface area contributed by atoms with Crippen LogP contribution in [0.2, 0.25) is 0 Å². The summed E-state index contributed by atoms with van der Waals surface area (Å²) in [4.78, 5) is 31.7.